The van der Waals surface area contributed by atoms with Crippen LogP contribution in [-0.2, 0) is 6.42 Å². The van der Waals surface area contributed by atoms with E-state index >= 15 is 0 Å². The topological polar surface area (TPSA) is 12.0 Å². The highest BCUT2D eigenvalue weighted by Gasteiger charge is 2.27. The maximum absolute atomic E-state index is 14.2. The zero-order chi connectivity index (χ0) is 13.4. The Morgan fingerprint density at radius 3 is 2.74 bits per heavy atom. The molecule has 1 heterocycles. The summed E-state index contributed by atoms with van der Waals surface area (Å²) in [6.07, 6.45) is 0.879. The van der Waals surface area contributed by atoms with Gasteiger partial charge in [-0.1, -0.05) is 24.3 Å². The minimum atomic E-state index is -0.533. The Labute approximate surface area is 118 Å². The van der Waals surface area contributed by atoms with Crippen LogP contribution in [0.4, 0.5) is 8.78 Å². The van der Waals surface area contributed by atoms with E-state index in [1.165, 1.54) is 12.1 Å². The monoisotopic (exact) mass is 323 g/mol. The molecule has 0 aromatic heterocycles. The van der Waals surface area contributed by atoms with Crippen molar-refractivity contribution in [2.75, 3.05) is 6.54 Å². The zero-order valence-corrected chi connectivity index (χ0v) is 11.7. The quantitative estimate of drug-likeness (QED) is 0.783. The summed E-state index contributed by atoms with van der Waals surface area (Å²) < 4.78 is 28.5. The van der Waals surface area contributed by atoms with Crippen LogP contribution in [0.25, 0.3) is 0 Å². The van der Waals surface area contributed by atoms with Gasteiger partial charge in [-0.05, 0) is 45.6 Å². The smallest absolute Gasteiger partial charge is 0.145 e. The fraction of sp³-hybridized carbons (Fsp3) is 0.200. The molecule has 2 aromatic rings. The predicted molar refractivity (Wildman–Crippen MR) is 74.0 cm³/mol. The molecule has 1 nitrogen and oxygen atoms in total. The lowest BCUT2D eigenvalue weighted by Crippen LogP contribution is -2.31. The molecule has 3 rings (SSSR count). The second-order valence-corrected chi connectivity index (χ2v) is 5.45. The van der Waals surface area contributed by atoms with Crippen LogP contribution in [0.2, 0.25) is 0 Å². The van der Waals surface area contributed by atoms with E-state index in [0.29, 0.717) is 6.54 Å². The van der Waals surface area contributed by atoms with E-state index in [4.69, 9.17) is 0 Å². The summed E-state index contributed by atoms with van der Waals surface area (Å²) in [6, 6.07) is 10.0. The van der Waals surface area contributed by atoms with Gasteiger partial charge in [0.15, 0.2) is 0 Å². The van der Waals surface area contributed by atoms with Crippen molar-refractivity contribution in [1.29, 1.82) is 0 Å². The van der Waals surface area contributed by atoms with Crippen molar-refractivity contribution in [3.8, 4) is 0 Å². The minimum Gasteiger partial charge on any atom is -0.306 e. The maximum Gasteiger partial charge on any atom is 0.145 e. The lowest BCUT2D eigenvalue weighted by Gasteiger charge is -2.28. The highest BCUT2D eigenvalue weighted by Crippen LogP contribution is 2.34. The van der Waals surface area contributed by atoms with E-state index in [1.54, 1.807) is 0 Å². The lowest BCUT2D eigenvalue weighted by molar-refractivity contribution is 0.488. The number of hydrogen-bond donors (Lipinski definition) is 1. The Hall–Kier alpha value is -1.26. The molecule has 1 aliphatic rings. The summed E-state index contributed by atoms with van der Waals surface area (Å²) in [7, 11) is 0. The number of hydrogen-bond acceptors (Lipinski definition) is 1. The average Bonchev–Trinajstić information content (AvgIpc) is 2.44. The normalized spacial score (nSPS) is 18.2. The van der Waals surface area contributed by atoms with Gasteiger partial charge < -0.3 is 5.32 Å². The Kier molecular flexibility index (Phi) is 3.37. The molecule has 0 amide bonds. The number of halogens is 3. The van der Waals surface area contributed by atoms with E-state index in [2.05, 4.69) is 21.2 Å². The highest BCUT2D eigenvalue weighted by atomic mass is 79.9. The summed E-state index contributed by atoms with van der Waals surface area (Å²) in [5, 5.41) is 3.20. The summed E-state index contributed by atoms with van der Waals surface area (Å²) in [6.45, 7) is 0.715. The fourth-order valence-corrected chi connectivity index (χ4v) is 2.92. The van der Waals surface area contributed by atoms with E-state index in [1.807, 2.05) is 24.3 Å². The largest absolute Gasteiger partial charge is 0.306 e. The summed E-state index contributed by atoms with van der Waals surface area (Å²) in [5.74, 6) is -1.05. The third-order valence-electron chi connectivity index (χ3n) is 3.48. The molecular weight excluding hydrogens is 312 g/mol. The molecule has 1 unspecified atom stereocenters. The summed E-state index contributed by atoms with van der Waals surface area (Å²) in [5.41, 5.74) is 2.18. The predicted octanol–water partition coefficient (Wildman–Crippen LogP) is 3.96. The molecule has 1 aliphatic heterocycles. The molecule has 0 bridgehead atoms. The molecule has 0 saturated carbocycles. The van der Waals surface area contributed by atoms with E-state index in [9.17, 15) is 8.78 Å². The van der Waals surface area contributed by atoms with Crippen molar-refractivity contribution in [3.05, 3.63) is 69.2 Å². The SMILES string of the molecule is Fc1ccc(Br)c(F)c1C1NCCc2ccccc21. The maximum atomic E-state index is 14.2. The first kappa shape index (κ1) is 12.8. The third-order valence-corrected chi connectivity index (χ3v) is 4.09. The van der Waals surface area contributed by atoms with Gasteiger partial charge in [0.25, 0.3) is 0 Å². The van der Waals surface area contributed by atoms with Crippen molar-refractivity contribution >= 4 is 15.9 Å². The minimum absolute atomic E-state index is 0.0847. The van der Waals surface area contributed by atoms with Crippen LogP contribution in [0.5, 0.6) is 0 Å². The number of benzene rings is 2. The first-order chi connectivity index (χ1) is 9.18. The number of nitrogens with one attached hydrogen (secondary N) is 1. The fourth-order valence-electron chi connectivity index (χ4n) is 2.57. The lowest BCUT2D eigenvalue weighted by atomic mass is 9.89. The Balaban J connectivity index is 2.17. The molecule has 0 saturated heterocycles. The zero-order valence-electron chi connectivity index (χ0n) is 10.1. The Morgan fingerprint density at radius 1 is 1.11 bits per heavy atom. The molecule has 98 valence electrons. The first-order valence-electron chi connectivity index (χ1n) is 6.13. The van der Waals surface area contributed by atoms with Crippen LogP contribution in [0.15, 0.2) is 40.9 Å². The van der Waals surface area contributed by atoms with Gasteiger partial charge in [-0.25, -0.2) is 8.78 Å². The molecule has 0 radical (unpaired) electrons. The van der Waals surface area contributed by atoms with Crippen LogP contribution >= 0.6 is 15.9 Å². The van der Waals surface area contributed by atoms with Crippen LogP contribution in [0, 0.1) is 11.6 Å². The van der Waals surface area contributed by atoms with Crippen molar-refractivity contribution in [1.82, 2.24) is 5.32 Å². The van der Waals surface area contributed by atoms with Gasteiger partial charge in [-0.2, -0.15) is 0 Å². The van der Waals surface area contributed by atoms with Crippen molar-refractivity contribution in [2.45, 2.75) is 12.5 Å². The standard InChI is InChI=1S/C15H12BrF2N/c16-11-5-6-12(17)13(14(11)18)15-10-4-2-1-3-9(10)7-8-19-15/h1-6,15,19H,7-8H2. The molecule has 0 fully saturated rings. The van der Waals surface area contributed by atoms with Gasteiger partial charge in [-0.15, -0.1) is 0 Å². The molecule has 2 aromatic carbocycles. The van der Waals surface area contributed by atoms with Crippen molar-refractivity contribution in [3.63, 3.8) is 0 Å². The third kappa shape index (κ3) is 2.19. The molecule has 19 heavy (non-hydrogen) atoms. The number of fused-ring (bicyclic) bond motifs is 1. The average molecular weight is 324 g/mol. The molecule has 0 spiro atoms. The van der Waals surface area contributed by atoms with Gasteiger partial charge in [-0.3, -0.25) is 0 Å². The van der Waals surface area contributed by atoms with Gasteiger partial charge in [0, 0.05) is 12.1 Å². The van der Waals surface area contributed by atoms with E-state index in [0.717, 1.165) is 17.5 Å². The van der Waals surface area contributed by atoms with Crippen LogP contribution < -0.4 is 5.32 Å². The van der Waals surface area contributed by atoms with Gasteiger partial charge in [0.1, 0.15) is 11.6 Å². The van der Waals surface area contributed by atoms with Gasteiger partial charge >= 0.3 is 0 Å². The molecular formula is C15H12BrF2N. The van der Waals surface area contributed by atoms with Crippen molar-refractivity contribution in [2.24, 2.45) is 0 Å². The first-order valence-corrected chi connectivity index (χ1v) is 6.92. The van der Waals surface area contributed by atoms with Crippen LogP contribution in [0.1, 0.15) is 22.7 Å². The number of rotatable bonds is 1. The van der Waals surface area contributed by atoms with Gasteiger partial charge in [0.2, 0.25) is 0 Å². The highest BCUT2D eigenvalue weighted by molar-refractivity contribution is 9.10. The van der Waals surface area contributed by atoms with Crippen molar-refractivity contribution < 1.29 is 8.78 Å². The van der Waals surface area contributed by atoms with Crippen LogP contribution in [-0.4, -0.2) is 6.54 Å². The molecule has 0 aliphatic carbocycles. The van der Waals surface area contributed by atoms with E-state index < -0.39 is 17.7 Å². The molecule has 1 atom stereocenters. The second kappa shape index (κ2) is 5.02. The summed E-state index contributed by atoms with van der Waals surface area (Å²) in [4.78, 5) is 0. The van der Waals surface area contributed by atoms with Gasteiger partial charge in [0.05, 0.1) is 10.5 Å². The second-order valence-electron chi connectivity index (χ2n) is 4.59. The molecule has 1 N–H and O–H groups in total. The molecule has 4 heteroatoms. The summed E-state index contributed by atoms with van der Waals surface area (Å²) >= 11 is 3.12. The Bertz CT molecular complexity index is 628. The van der Waals surface area contributed by atoms with Crippen LogP contribution in [0.3, 0.4) is 0 Å². The Morgan fingerprint density at radius 2 is 1.89 bits per heavy atom. The van der Waals surface area contributed by atoms with E-state index in [-0.39, 0.29) is 10.0 Å².